The van der Waals surface area contributed by atoms with E-state index < -0.39 is 23.9 Å². The lowest BCUT2D eigenvalue weighted by Crippen LogP contribution is -2.41. The lowest BCUT2D eigenvalue weighted by Gasteiger charge is -2.22. The van der Waals surface area contributed by atoms with Gasteiger partial charge in [0, 0.05) is 19.1 Å². The van der Waals surface area contributed by atoms with Crippen molar-refractivity contribution in [1.82, 2.24) is 5.06 Å². The Labute approximate surface area is 133 Å². The summed E-state index contributed by atoms with van der Waals surface area (Å²) in [5, 5.41) is 0.509. The first-order valence-electron chi connectivity index (χ1n) is 7.52. The van der Waals surface area contributed by atoms with Gasteiger partial charge in [0.2, 0.25) is 0 Å². The second-order valence-corrected chi connectivity index (χ2v) is 5.36. The molecule has 7 nitrogen and oxygen atoms in total. The van der Waals surface area contributed by atoms with Gasteiger partial charge in [0.15, 0.2) is 6.10 Å². The molecule has 1 aromatic carbocycles. The van der Waals surface area contributed by atoms with Crippen molar-refractivity contribution in [3.8, 4) is 0 Å². The van der Waals surface area contributed by atoms with Gasteiger partial charge < -0.3 is 14.3 Å². The number of hydrogen-bond donors (Lipinski definition) is 0. The molecule has 23 heavy (non-hydrogen) atoms. The monoisotopic (exact) mass is 319 g/mol. The number of amides is 2. The zero-order valence-corrected chi connectivity index (χ0v) is 12.7. The first-order valence-corrected chi connectivity index (χ1v) is 7.52. The third kappa shape index (κ3) is 2.85. The van der Waals surface area contributed by atoms with Gasteiger partial charge in [-0.25, -0.2) is 4.79 Å². The van der Waals surface area contributed by atoms with Crippen molar-refractivity contribution in [2.24, 2.45) is 5.92 Å². The summed E-state index contributed by atoms with van der Waals surface area (Å²) < 4.78 is 10.7. The Morgan fingerprint density at radius 2 is 1.96 bits per heavy atom. The maximum absolute atomic E-state index is 12.4. The predicted molar refractivity (Wildman–Crippen MR) is 77.4 cm³/mol. The van der Waals surface area contributed by atoms with E-state index in [4.69, 9.17) is 14.3 Å². The zero-order chi connectivity index (χ0) is 16.4. The highest BCUT2D eigenvalue weighted by Crippen LogP contribution is 2.25. The number of benzene rings is 1. The van der Waals surface area contributed by atoms with Crippen LogP contribution in [0.1, 0.15) is 34.1 Å². The zero-order valence-electron chi connectivity index (χ0n) is 12.7. The van der Waals surface area contributed by atoms with E-state index in [2.05, 4.69) is 0 Å². The molecule has 122 valence electrons. The number of carbonyl (C=O) groups is 3. The summed E-state index contributed by atoms with van der Waals surface area (Å²) in [6.07, 6.45) is -0.186. The van der Waals surface area contributed by atoms with E-state index in [0.29, 0.717) is 31.3 Å². The Balaban J connectivity index is 1.74. The summed E-state index contributed by atoms with van der Waals surface area (Å²) in [6, 6.07) is 6.34. The Morgan fingerprint density at radius 3 is 2.48 bits per heavy atom. The maximum Gasteiger partial charge on any atom is 0.362 e. The van der Waals surface area contributed by atoms with Crippen LogP contribution in [0, 0.1) is 5.92 Å². The largest absolute Gasteiger partial charge is 0.381 e. The summed E-state index contributed by atoms with van der Waals surface area (Å²) in [5.41, 5.74) is 0.449. The van der Waals surface area contributed by atoms with E-state index in [0.717, 1.165) is 0 Å². The molecule has 0 radical (unpaired) electrons. The van der Waals surface area contributed by atoms with Crippen molar-refractivity contribution < 1.29 is 28.7 Å². The van der Waals surface area contributed by atoms with E-state index in [9.17, 15) is 14.4 Å². The van der Waals surface area contributed by atoms with E-state index >= 15 is 0 Å². The van der Waals surface area contributed by atoms with Gasteiger partial charge >= 0.3 is 5.97 Å². The van der Waals surface area contributed by atoms with Crippen LogP contribution in [-0.4, -0.2) is 48.8 Å². The molecule has 2 heterocycles. The topological polar surface area (TPSA) is 82.1 Å². The molecule has 0 spiro atoms. The van der Waals surface area contributed by atoms with Crippen LogP contribution in [0.2, 0.25) is 0 Å². The standard InChI is InChI=1S/C16H17NO6/c1-2-22-13(10-7-8-21-9-10)16(20)23-17-14(18)11-5-3-4-6-12(11)15(17)19/h3-6,10,13H,2,7-9H2,1H3. The SMILES string of the molecule is CCOC(C(=O)ON1C(=O)c2ccccc2C1=O)C1CCOC1. The molecule has 0 bridgehead atoms. The second-order valence-electron chi connectivity index (χ2n) is 5.36. The van der Waals surface area contributed by atoms with Gasteiger partial charge in [0.1, 0.15) is 0 Å². The molecule has 2 atom stereocenters. The quantitative estimate of drug-likeness (QED) is 0.758. The fraction of sp³-hybridized carbons (Fsp3) is 0.438. The minimum absolute atomic E-state index is 0.141. The number of hydrogen-bond acceptors (Lipinski definition) is 6. The first kappa shape index (κ1) is 15.6. The minimum Gasteiger partial charge on any atom is -0.381 e. The molecule has 2 unspecified atom stereocenters. The predicted octanol–water partition coefficient (Wildman–Crippen LogP) is 1.18. The number of hydroxylamine groups is 2. The van der Waals surface area contributed by atoms with Gasteiger partial charge in [0.05, 0.1) is 17.7 Å². The molecule has 2 amide bonds. The number of ether oxygens (including phenoxy) is 2. The molecule has 1 aromatic rings. The highest BCUT2D eigenvalue weighted by atomic mass is 16.7. The van der Waals surface area contributed by atoms with Crippen LogP contribution in [0.15, 0.2) is 24.3 Å². The fourth-order valence-electron chi connectivity index (χ4n) is 2.76. The molecule has 1 saturated heterocycles. The fourth-order valence-corrected chi connectivity index (χ4v) is 2.76. The van der Waals surface area contributed by atoms with Gasteiger partial charge in [-0.05, 0) is 25.5 Å². The van der Waals surface area contributed by atoms with Crippen LogP contribution in [0.4, 0.5) is 0 Å². The van der Waals surface area contributed by atoms with Gasteiger partial charge in [-0.3, -0.25) is 9.59 Å². The number of rotatable bonds is 5. The van der Waals surface area contributed by atoms with E-state index in [1.54, 1.807) is 19.1 Å². The van der Waals surface area contributed by atoms with Crippen LogP contribution in [0.5, 0.6) is 0 Å². The molecular formula is C16H17NO6. The molecule has 0 aromatic heterocycles. The maximum atomic E-state index is 12.4. The van der Waals surface area contributed by atoms with Crippen molar-refractivity contribution >= 4 is 17.8 Å². The van der Waals surface area contributed by atoms with Crippen LogP contribution in [-0.2, 0) is 19.1 Å². The van der Waals surface area contributed by atoms with Crippen molar-refractivity contribution in [3.63, 3.8) is 0 Å². The van der Waals surface area contributed by atoms with Crippen molar-refractivity contribution in [1.29, 1.82) is 0 Å². The van der Waals surface area contributed by atoms with Crippen LogP contribution in [0.25, 0.3) is 0 Å². The highest BCUT2D eigenvalue weighted by Gasteiger charge is 2.41. The van der Waals surface area contributed by atoms with Crippen LogP contribution < -0.4 is 0 Å². The summed E-state index contributed by atoms with van der Waals surface area (Å²) in [4.78, 5) is 41.8. The Morgan fingerprint density at radius 1 is 1.30 bits per heavy atom. The number of fused-ring (bicyclic) bond motifs is 1. The molecule has 2 aliphatic rings. The first-order chi connectivity index (χ1) is 11.1. The van der Waals surface area contributed by atoms with E-state index in [1.165, 1.54) is 12.1 Å². The average molecular weight is 319 g/mol. The molecule has 0 N–H and O–H groups in total. The Bertz CT molecular complexity index is 602. The van der Waals surface area contributed by atoms with Gasteiger partial charge in [-0.15, -0.1) is 0 Å². The molecule has 3 rings (SSSR count). The summed E-state index contributed by atoms with van der Waals surface area (Å²) >= 11 is 0. The van der Waals surface area contributed by atoms with E-state index in [1.807, 2.05) is 0 Å². The van der Waals surface area contributed by atoms with Gasteiger partial charge in [-0.1, -0.05) is 17.2 Å². The third-order valence-corrected chi connectivity index (χ3v) is 3.91. The molecule has 7 heteroatoms. The molecular weight excluding hydrogens is 302 g/mol. The smallest absolute Gasteiger partial charge is 0.362 e. The number of imide groups is 1. The second kappa shape index (κ2) is 6.47. The minimum atomic E-state index is -0.855. The molecule has 1 fully saturated rings. The van der Waals surface area contributed by atoms with Gasteiger partial charge in [-0.2, -0.15) is 0 Å². The van der Waals surface area contributed by atoms with Crippen molar-refractivity contribution in [2.75, 3.05) is 19.8 Å². The number of carbonyl (C=O) groups excluding carboxylic acids is 3. The van der Waals surface area contributed by atoms with Crippen molar-refractivity contribution in [3.05, 3.63) is 35.4 Å². The van der Waals surface area contributed by atoms with E-state index in [-0.39, 0.29) is 17.0 Å². The molecule has 0 saturated carbocycles. The van der Waals surface area contributed by atoms with Gasteiger partial charge in [0.25, 0.3) is 11.8 Å². The Kier molecular flexibility index (Phi) is 4.40. The Hall–Kier alpha value is -2.25. The lowest BCUT2D eigenvalue weighted by atomic mass is 10.0. The summed E-state index contributed by atoms with van der Waals surface area (Å²) in [6.45, 7) is 3.02. The average Bonchev–Trinajstić information content (AvgIpc) is 3.16. The normalized spacial score (nSPS) is 21.4. The number of nitrogens with zero attached hydrogens (tertiary/aromatic N) is 1. The van der Waals surface area contributed by atoms with Crippen molar-refractivity contribution in [2.45, 2.75) is 19.4 Å². The van der Waals surface area contributed by atoms with Crippen LogP contribution in [0.3, 0.4) is 0 Å². The summed E-state index contributed by atoms with van der Waals surface area (Å²) in [5.74, 6) is -2.18. The summed E-state index contributed by atoms with van der Waals surface area (Å²) in [7, 11) is 0. The third-order valence-electron chi connectivity index (χ3n) is 3.91. The molecule has 2 aliphatic heterocycles. The molecule has 0 aliphatic carbocycles. The highest BCUT2D eigenvalue weighted by molar-refractivity contribution is 6.20. The lowest BCUT2D eigenvalue weighted by molar-refractivity contribution is -0.185. The van der Waals surface area contributed by atoms with Crippen LogP contribution >= 0.6 is 0 Å².